The first-order valence-electron chi connectivity index (χ1n) is 10.6. The number of nitrogens with zero attached hydrogens (tertiary/aromatic N) is 1. The molecule has 0 fully saturated rings. The summed E-state index contributed by atoms with van der Waals surface area (Å²) in [7, 11) is -5.79. The summed E-state index contributed by atoms with van der Waals surface area (Å²) >= 11 is 0. The van der Waals surface area contributed by atoms with Gasteiger partial charge in [0.25, 0.3) is 10.0 Å². The van der Waals surface area contributed by atoms with Gasteiger partial charge in [-0.3, -0.25) is 9.03 Å². The first-order chi connectivity index (χ1) is 15.8. The van der Waals surface area contributed by atoms with Crippen molar-refractivity contribution in [2.45, 2.75) is 24.2 Å². The third-order valence-electron chi connectivity index (χ3n) is 5.58. The maximum absolute atomic E-state index is 13.2. The molecule has 3 aromatic carbocycles. The lowest BCUT2D eigenvalue weighted by molar-refractivity contribution is 0.414. The van der Waals surface area contributed by atoms with Crippen LogP contribution in [0.2, 0.25) is 0 Å². The molecular weight excluding hydrogens is 460 g/mol. The van der Waals surface area contributed by atoms with Crippen LogP contribution < -0.4 is 13.8 Å². The van der Waals surface area contributed by atoms with E-state index in [4.69, 9.17) is 4.74 Å². The third kappa shape index (κ3) is 5.31. The number of aryl methyl sites for hydroxylation is 2. The molecule has 0 spiro atoms. The molecule has 1 heterocycles. The van der Waals surface area contributed by atoms with Gasteiger partial charge in [-0.05, 0) is 66.8 Å². The van der Waals surface area contributed by atoms with E-state index >= 15 is 0 Å². The van der Waals surface area contributed by atoms with Crippen molar-refractivity contribution in [1.82, 2.24) is 0 Å². The van der Waals surface area contributed by atoms with E-state index < -0.39 is 20.0 Å². The van der Waals surface area contributed by atoms with Crippen LogP contribution in [0.1, 0.15) is 17.5 Å². The van der Waals surface area contributed by atoms with Crippen molar-refractivity contribution in [1.29, 1.82) is 0 Å². The van der Waals surface area contributed by atoms with E-state index in [1.54, 1.807) is 67.8 Å². The fourth-order valence-corrected chi connectivity index (χ4v) is 6.50. The van der Waals surface area contributed by atoms with E-state index in [0.29, 0.717) is 36.5 Å². The zero-order chi connectivity index (χ0) is 23.5. The van der Waals surface area contributed by atoms with Gasteiger partial charge in [-0.15, -0.1) is 0 Å². The highest BCUT2D eigenvalue weighted by atomic mass is 32.2. The summed E-state index contributed by atoms with van der Waals surface area (Å²) in [6, 6.07) is 20.6. The Morgan fingerprint density at radius 1 is 0.939 bits per heavy atom. The average molecular weight is 487 g/mol. The normalized spacial score (nSPS) is 13.9. The molecule has 0 atom stereocenters. The quantitative estimate of drug-likeness (QED) is 0.523. The molecule has 0 radical (unpaired) electrons. The van der Waals surface area contributed by atoms with Gasteiger partial charge in [0.2, 0.25) is 10.0 Å². The van der Waals surface area contributed by atoms with Gasteiger partial charge in [0.1, 0.15) is 5.75 Å². The molecule has 0 unspecified atom stereocenters. The van der Waals surface area contributed by atoms with E-state index in [-0.39, 0.29) is 10.6 Å². The Morgan fingerprint density at radius 3 is 2.36 bits per heavy atom. The largest absolute Gasteiger partial charge is 0.497 e. The monoisotopic (exact) mass is 486 g/mol. The Kier molecular flexibility index (Phi) is 6.62. The molecule has 4 rings (SSSR count). The molecule has 0 amide bonds. The van der Waals surface area contributed by atoms with Crippen molar-refractivity contribution in [3.63, 3.8) is 0 Å². The number of fused-ring (bicyclic) bond motifs is 1. The summed E-state index contributed by atoms with van der Waals surface area (Å²) in [6.07, 6.45) is 1.78. The van der Waals surface area contributed by atoms with E-state index in [9.17, 15) is 16.8 Å². The molecule has 1 N–H and O–H groups in total. The number of rotatable bonds is 8. The van der Waals surface area contributed by atoms with Crippen LogP contribution in [-0.2, 0) is 32.9 Å². The minimum Gasteiger partial charge on any atom is -0.497 e. The molecule has 9 heteroatoms. The molecule has 33 heavy (non-hydrogen) atoms. The first kappa shape index (κ1) is 23.1. The van der Waals surface area contributed by atoms with Gasteiger partial charge in [0, 0.05) is 6.54 Å². The maximum atomic E-state index is 13.2. The van der Waals surface area contributed by atoms with Crippen LogP contribution in [0.4, 0.5) is 11.4 Å². The molecule has 174 valence electrons. The van der Waals surface area contributed by atoms with E-state index in [1.165, 1.54) is 4.31 Å². The summed E-state index contributed by atoms with van der Waals surface area (Å²) in [5.41, 5.74) is 2.62. The molecule has 0 bridgehead atoms. The van der Waals surface area contributed by atoms with Crippen molar-refractivity contribution < 1.29 is 21.6 Å². The van der Waals surface area contributed by atoms with Gasteiger partial charge in [-0.2, -0.15) is 0 Å². The van der Waals surface area contributed by atoms with Crippen LogP contribution in [0.5, 0.6) is 5.75 Å². The summed E-state index contributed by atoms with van der Waals surface area (Å²) in [4.78, 5) is 0.211. The summed E-state index contributed by atoms with van der Waals surface area (Å²) in [5.74, 6) is 0.617. The number of methoxy groups -OCH3 is 1. The van der Waals surface area contributed by atoms with E-state index in [2.05, 4.69) is 4.72 Å². The van der Waals surface area contributed by atoms with Gasteiger partial charge in [-0.25, -0.2) is 16.8 Å². The Hall–Kier alpha value is -3.04. The standard InChI is InChI=1S/C24H26N2O5S2/c1-31-22-13-9-19(10-14-22)15-17-32(27,28)25-21-12-11-20-6-5-16-26(24(20)18-21)33(29,30)23-7-3-2-4-8-23/h2-4,7-14,18,25H,5-6,15-17H2,1H3. The SMILES string of the molecule is COc1ccc(CCS(=O)(=O)Nc2ccc3c(c2)N(S(=O)(=O)c2ccccc2)CCC3)cc1. The number of hydrogen-bond acceptors (Lipinski definition) is 5. The number of ether oxygens (including phenoxy) is 1. The molecule has 0 saturated heterocycles. The highest BCUT2D eigenvalue weighted by molar-refractivity contribution is 7.93. The van der Waals surface area contributed by atoms with Crippen LogP contribution in [0, 0.1) is 0 Å². The van der Waals surface area contributed by atoms with Crippen molar-refractivity contribution >= 4 is 31.4 Å². The fourth-order valence-electron chi connectivity index (χ4n) is 3.85. The second kappa shape index (κ2) is 9.44. The predicted molar refractivity (Wildman–Crippen MR) is 130 cm³/mol. The molecule has 3 aromatic rings. The Labute approximate surface area is 195 Å². The Morgan fingerprint density at radius 2 is 1.67 bits per heavy atom. The van der Waals surface area contributed by atoms with Crippen molar-refractivity contribution in [2.75, 3.05) is 28.4 Å². The smallest absolute Gasteiger partial charge is 0.264 e. The average Bonchev–Trinajstić information content (AvgIpc) is 2.83. The van der Waals surface area contributed by atoms with Crippen molar-refractivity contribution in [2.24, 2.45) is 0 Å². The topological polar surface area (TPSA) is 92.8 Å². The Balaban J connectivity index is 1.53. The fraction of sp³-hybridized carbons (Fsp3) is 0.250. The van der Waals surface area contributed by atoms with Gasteiger partial charge in [0.05, 0.1) is 29.1 Å². The number of nitrogens with one attached hydrogen (secondary N) is 1. The zero-order valence-electron chi connectivity index (χ0n) is 18.3. The number of sulfonamides is 2. The predicted octanol–water partition coefficient (Wildman–Crippen LogP) is 3.82. The molecule has 1 aliphatic heterocycles. The molecule has 0 aliphatic carbocycles. The lowest BCUT2D eigenvalue weighted by atomic mass is 10.0. The minimum absolute atomic E-state index is 0.0948. The van der Waals surface area contributed by atoms with Gasteiger partial charge < -0.3 is 4.74 Å². The van der Waals surface area contributed by atoms with E-state index in [0.717, 1.165) is 17.5 Å². The molecule has 1 aliphatic rings. The number of hydrogen-bond donors (Lipinski definition) is 1. The highest BCUT2D eigenvalue weighted by Crippen LogP contribution is 2.34. The van der Waals surface area contributed by atoms with Crippen LogP contribution >= 0.6 is 0 Å². The third-order valence-corrected chi connectivity index (χ3v) is 8.70. The minimum atomic E-state index is -3.74. The van der Waals surface area contributed by atoms with Gasteiger partial charge in [0.15, 0.2) is 0 Å². The summed E-state index contributed by atoms with van der Waals surface area (Å²) in [6.45, 7) is 0.345. The summed E-state index contributed by atoms with van der Waals surface area (Å²) < 4.78 is 60.9. The van der Waals surface area contributed by atoms with Crippen LogP contribution in [0.25, 0.3) is 0 Å². The van der Waals surface area contributed by atoms with Crippen LogP contribution in [0.15, 0.2) is 77.7 Å². The molecule has 7 nitrogen and oxygen atoms in total. The van der Waals surface area contributed by atoms with Gasteiger partial charge >= 0.3 is 0 Å². The second-order valence-corrected chi connectivity index (χ2v) is 11.6. The Bertz CT molecular complexity index is 1320. The van der Waals surface area contributed by atoms with Gasteiger partial charge in [-0.1, -0.05) is 36.4 Å². The zero-order valence-corrected chi connectivity index (χ0v) is 19.9. The summed E-state index contributed by atoms with van der Waals surface area (Å²) in [5, 5.41) is 0. The molecular formula is C24H26N2O5S2. The molecule has 0 aromatic heterocycles. The van der Waals surface area contributed by atoms with E-state index in [1.807, 2.05) is 12.1 Å². The first-order valence-corrected chi connectivity index (χ1v) is 13.7. The van der Waals surface area contributed by atoms with Crippen LogP contribution in [0.3, 0.4) is 0 Å². The number of anilines is 2. The molecule has 0 saturated carbocycles. The van der Waals surface area contributed by atoms with Crippen molar-refractivity contribution in [3.8, 4) is 5.75 Å². The number of benzene rings is 3. The highest BCUT2D eigenvalue weighted by Gasteiger charge is 2.29. The second-order valence-electron chi connectivity index (χ2n) is 7.86. The maximum Gasteiger partial charge on any atom is 0.264 e. The van der Waals surface area contributed by atoms with Crippen molar-refractivity contribution in [3.05, 3.63) is 83.9 Å². The lowest BCUT2D eigenvalue weighted by Crippen LogP contribution is -2.35. The lowest BCUT2D eigenvalue weighted by Gasteiger charge is -2.31. The van der Waals surface area contributed by atoms with Crippen LogP contribution in [-0.4, -0.2) is 36.2 Å².